The molecule has 1 aromatic rings. The molecule has 1 N–H and O–H groups in total. The summed E-state index contributed by atoms with van der Waals surface area (Å²) >= 11 is 5.87. The van der Waals surface area contributed by atoms with Crippen molar-refractivity contribution in [3.8, 4) is 5.88 Å². The average molecular weight is 272 g/mol. The number of halogens is 1. The van der Waals surface area contributed by atoms with Crippen LogP contribution in [0.25, 0.3) is 0 Å². The maximum atomic E-state index is 9.11. The molecule has 3 nitrogen and oxygen atoms in total. The molecule has 0 fully saturated rings. The predicted octanol–water partition coefficient (Wildman–Crippen LogP) is 3.97. The van der Waals surface area contributed by atoms with Gasteiger partial charge < -0.3 is 9.84 Å². The van der Waals surface area contributed by atoms with Crippen molar-refractivity contribution in [3.05, 3.63) is 22.8 Å². The molecule has 0 aliphatic carbocycles. The Hall–Kier alpha value is -0.800. The molecule has 1 aromatic heterocycles. The van der Waals surface area contributed by atoms with Crippen molar-refractivity contribution in [3.63, 3.8) is 0 Å². The smallest absolute Gasteiger partial charge is 0.213 e. The summed E-state index contributed by atoms with van der Waals surface area (Å²) in [6.45, 7) is 4.15. The van der Waals surface area contributed by atoms with Crippen LogP contribution in [0.15, 0.2) is 12.3 Å². The number of ether oxygens (including phenoxy) is 1. The van der Waals surface area contributed by atoms with Crippen LogP contribution in [0.1, 0.15) is 51.5 Å². The minimum absolute atomic E-state index is 0.0946. The number of pyridine rings is 1. The number of nitrogens with zero attached hydrogens (tertiary/aromatic N) is 1. The number of aliphatic hydroxyl groups is 1. The van der Waals surface area contributed by atoms with Gasteiger partial charge in [-0.05, 0) is 19.8 Å². The molecule has 0 spiro atoms. The van der Waals surface area contributed by atoms with Crippen molar-refractivity contribution >= 4 is 11.6 Å². The van der Waals surface area contributed by atoms with Gasteiger partial charge in [0, 0.05) is 17.8 Å². The first kappa shape index (κ1) is 15.3. The van der Waals surface area contributed by atoms with Crippen molar-refractivity contribution in [2.75, 3.05) is 0 Å². The van der Waals surface area contributed by atoms with E-state index < -0.39 is 0 Å². The van der Waals surface area contributed by atoms with Gasteiger partial charge in [-0.3, -0.25) is 0 Å². The molecule has 4 heteroatoms. The number of rotatable bonds is 8. The normalized spacial score (nSPS) is 12.4. The van der Waals surface area contributed by atoms with Crippen LogP contribution < -0.4 is 4.74 Å². The molecule has 0 saturated carbocycles. The molecule has 0 bridgehead atoms. The molecule has 1 rings (SSSR count). The third-order valence-corrected chi connectivity index (χ3v) is 3.21. The second-order valence-corrected chi connectivity index (χ2v) is 4.96. The topological polar surface area (TPSA) is 42.4 Å². The Bertz CT molecular complexity index is 358. The van der Waals surface area contributed by atoms with Gasteiger partial charge >= 0.3 is 0 Å². The maximum absolute atomic E-state index is 9.11. The van der Waals surface area contributed by atoms with Crippen LogP contribution in [0, 0.1) is 0 Å². The Labute approximate surface area is 114 Å². The van der Waals surface area contributed by atoms with Crippen molar-refractivity contribution < 1.29 is 9.84 Å². The molecule has 0 aliphatic rings. The van der Waals surface area contributed by atoms with E-state index in [2.05, 4.69) is 11.9 Å². The van der Waals surface area contributed by atoms with Crippen LogP contribution in [0.3, 0.4) is 0 Å². The van der Waals surface area contributed by atoms with Gasteiger partial charge in [-0.1, -0.05) is 37.8 Å². The van der Waals surface area contributed by atoms with E-state index in [0.29, 0.717) is 16.5 Å². The number of unbranched alkanes of at least 4 members (excludes halogenated alkanes) is 3. The van der Waals surface area contributed by atoms with Crippen molar-refractivity contribution in [1.29, 1.82) is 0 Å². The lowest BCUT2D eigenvalue weighted by molar-refractivity contribution is 0.197. The fourth-order valence-corrected chi connectivity index (χ4v) is 1.93. The lowest BCUT2D eigenvalue weighted by atomic mass is 10.1. The molecular weight excluding hydrogens is 250 g/mol. The van der Waals surface area contributed by atoms with Crippen LogP contribution in [-0.2, 0) is 6.61 Å². The van der Waals surface area contributed by atoms with E-state index in [4.69, 9.17) is 21.4 Å². The van der Waals surface area contributed by atoms with Gasteiger partial charge in [-0.2, -0.15) is 0 Å². The molecule has 18 heavy (non-hydrogen) atoms. The molecule has 0 amide bonds. The Morgan fingerprint density at radius 3 is 2.83 bits per heavy atom. The van der Waals surface area contributed by atoms with Gasteiger partial charge in [0.1, 0.15) is 0 Å². The van der Waals surface area contributed by atoms with Crippen molar-refractivity contribution in [2.24, 2.45) is 0 Å². The van der Waals surface area contributed by atoms with Gasteiger partial charge in [0.25, 0.3) is 0 Å². The largest absolute Gasteiger partial charge is 0.475 e. The SMILES string of the molecule is CCCCCCC(C)Oc1cc(CO)c(Cl)cn1. The van der Waals surface area contributed by atoms with Crippen LogP contribution in [-0.4, -0.2) is 16.2 Å². The van der Waals surface area contributed by atoms with Crippen LogP contribution in [0.2, 0.25) is 5.02 Å². The molecule has 1 unspecified atom stereocenters. The van der Waals surface area contributed by atoms with E-state index in [1.807, 2.05) is 6.92 Å². The quantitative estimate of drug-likeness (QED) is 0.728. The first-order valence-electron chi connectivity index (χ1n) is 6.59. The summed E-state index contributed by atoms with van der Waals surface area (Å²) < 4.78 is 5.71. The van der Waals surface area contributed by atoms with Gasteiger partial charge in [0.2, 0.25) is 5.88 Å². The minimum atomic E-state index is -0.0946. The molecule has 102 valence electrons. The zero-order chi connectivity index (χ0) is 13.4. The summed E-state index contributed by atoms with van der Waals surface area (Å²) in [7, 11) is 0. The Morgan fingerprint density at radius 1 is 1.39 bits per heavy atom. The average Bonchev–Trinajstić information content (AvgIpc) is 2.37. The molecule has 0 aromatic carbocycles. The van der Waals surface area contributed by atoms with E-state index in [9.17, 15) is 0 Å². The highest BCUT2D eigenvalue weighted by Crippen LogP contribution is 2.20. The summed E-state index contributed by atoms with van der Waals surface area (Å²) in [5.74, 6) is 0.534. The molecular formula is C14H22ClNO2. The zero-order valence-corrected chi connectivity index (χ0v) is 11.9. The van der Waals surface area contributed by atoms with Crippen LogP contribution in [0.5, 0.6) is 5.88 Å². The first-order chi connectivity index (χ1) is 8.67. The van der Waals surface area contributed by atoms with E-state index in [0.717, 1.165) is 6.42 Å². The Kier molecular flexibility index (Phi) is 7.06. The maximum Gasteiger partial charge on any atom is 0.213 e. The predicted molar refractivity (Wildman–Crippen MR) is 74.0 cm³/mol. The Balaban J connectivity index is 2.41. The molecule has 1 heterocycles. The number of hydrogen-bond donors (Lipinski definition) is 1. The summed E-state index contributed by atoms with van der Waals surface area (Å²) in [6.07, 6.45) is 7.64. The van der Waals surface area contributed by atoms with E-state index in [1.165, 1.54) is 31.9 Å². The number of aromatic nitrogens is 1. The van der Waals surface area contributed by atoms with E-state index in [-0.39, 0.29) is 12.7 Å². The van der Waals surface area contributed by atoms with Crippen molar-refractivity contribution in [2.45, 2.75) is 58.7 Å². The summed E-state index contributed by atoms with van der Waals surface area (Å²) in [5.41, 5.74) is 0.653. The van der Waals surface area contributed by atoms with Crippen LogP contribution >= 0.6 is 11.6 Å². The highest BCUT2D eigenvalue weighted by Gasteiger charge is 2.07. The Morgan fingerprint density at radius 2 is 2.17 bits per heavy atom. The summed E-state index contributed by atoms with van der Waals surface area (Å²) in [6, 6.07) is 1.70. The monoisotopic (exact) mass is 271 g/mol. The number of hydrogen-bond acceptors (Lipinski definition) is 3. The second kappa shape index (κ2) is 8.33. The summed E-state index contributed by atoms with van der Waals surface area (Å²) in [4.78, 5) is 4.11. The molecule has 0 aliphatic heterocycles. The standard InChI is InChI=1S/C14H22ClNO2/c1-3-4-5-6-7-11(2)18-14-8-12(10-17)13(15)9-16-14/h8-9,11,17H,3-7,10H2,1-2H3. The van der Waals surface area contributed by atoms with Crippen LogP contribution in [0.4, 0.5) is 0 Å². The summed E-state index contributed by atoms with van der Waals surface area (Å²) in [5, 5.41) is 9.58. The third kappa shape index (κ3) is 5.23. The van der Waals surface area contributed by atoms with Gasteiger partial charge in [0.05, 0.1) is 17.7 Å². The first-order valence-corrected chi connectivity index (χ1v) is 6.97. The van der Waals surface area contributed by atoms with E-state index in [1.54, 1.807) is 6.07 Å². The molecule has 0 saturated heterocycles. The lowest BCUT2D eigenvalue weighted by Crippen LogP contribution is -2.12. The van der Waals surface area contributed by atoms with E-state index >= 15 is 0 Å². The fourth-order valence-electron chi connectivity index (χ4n) is 1.77. The zero-order valence-electron chi connectivity index (χ0n) is 11.2. The van der Waals surface area contributed by atoms with Gasteiger partial charge in [-0.15, -0.1) is 0 Å². The minimum Gasteiger partial charge on any atom is -0.475 e. The number of aliphatic hydroxyl groups excluding tert-OH is 1. The molecule has 0 radical (unpaired) electrons. The fraction of sp³-hybridized carbons (Fsp3) is 0.643. The van der Waals surface area contributed by atoms with Gasteiger partial charge in [-0.25, -0.2) is 4.98 Å². The highest BCUT2D eigenvalue weighted by molar-refractivity contribution is 6.31. The van der Waals surface area contributed by atoms with Gasteiger partial charge in [0.15, 0.2) is 0 Å². The lowest BCUT2D eigenvalue weighted by Gasteiger charge is -2.14. The van der Waals surface area contributed by atoms with Crippen molar-refractivity contribution in [1.82, 2.24) is 4.98 Å². The second-order valence-electron chi connectivity index (χ2n) is 4.55. The highest BCUT2D eigenvalue weighted by atomic mass is 35.5. The third-order valence-electron chi connectivity index (χ3n) is 2.87. The molecule has 1 atom stereocenters.